The van der Waals surface area contributed by atoms with E-state index in [2.05, 4.69) is 34.8 Å². The number of carbonyl (C=O) groups excluding carboxylic acids is 1. The quantitative estimate of drug-likeness (QED) is 0.654. The Morgan fingerprint density at radius 2 is 1.62 bits per heavy atom. The summed E-state index contributed by atoms with van der Waals surface area (Å²) in [5.41, 5.74) is 15.6. The van der Waals surface area contributed by atoms with Crippen LogP contribution in [0.25, 0.3) is 10.8 Å². The van der Waals surface area contributed by atoms with E-state index >= 15 is 0 Å². The summed E-state index contributed by atoms with van der Waals surface area (Å²) in [6.45, 7) is 5.89. The number of carbonyl (C=O) groups is 1. The van der Waals surface area contributed by atoms with Crippen LogP contribution in [-0.2, 0) is 11.2 Å². The summed E-state index contributed by atoms with van der Waals surface area (Å²) in [5, 5.41) is 11.2. The molecule has 2 aliphatic heterocycles. The van der Waals surface area contributed by atoms with Gasteiger partial charge in [-0.2, -0.15) is 5.26 Å². The van der Waals surface area contributed by atoms with Crippen LogP contribution < -0.4 is 21.3 Å². The molecule has 4 heterocycles. The van der Waals surface area contributed by atoms with E-state index < -0.39 is 0 Å². The summed E-state index contributed by atoms with van der Waals surface area (Å²) < 4.78 is 0. The van der Waals surface area contributed by atoms with E-state index in [9.17, 15) is 10.1 Å². The molecule has 3 aromatic rings. The van der Waals surface area contributed by atoms with Gasteiger partial charge in [-0.3, -0.25) is 9.69 Å². The lowest BCUT2D eigenvalue weighted by atomic mass is 10.0. The Hall–Kier alpha value is -3.86. The fourth-order valence-corrected chi connectivity index (χ4v) is 4.74. The molecule has 162 valence electrons. The Bertz CT molecular complexity index is 1280. The highest BCUT2D eigenvalue weighted by Crippen LogP contribution is 2.44. The number of amides is 1. The molecule has 1 fully saturated rings. The fraction of sp³-hybridized carbons (Fsp3) is 0.333. The molecule has 0 aliphatic carbocycles. The highest BCUT2D eigenvalue weighted by Gasteiger charge is 2.35. The molecule has 8 heteroatoms. The van der Waals surface area contributed by atoms with Gasteiger partial charge in [0.25, 0.3) is 0 Å². The third kappa shape index (κ3) is 2.93. The van der Waals surface area contributed by atoms with Gasteiger partial charge in [0.05, 0.1) is 17.5 Å². The molecule has 0 atom stereocenters. The van der Waals surface area contributed by atoms with Crippen LogP contribution in [0.15, 0.2) is 24.3 Å². The smallest absolute Gasteiger partial charge is 0.237 e. The molecule has 1 saturated heterocycles. The monoisotopic (exact) mass is 427 g/mol. The minimum atomic E-state index is -0.112. The lowest BCUT2D eigenvalue weighted by molar-refractivity contribution is -0.116. The number of fused-ring (bicyclic) bond motifs is 3. The van der Waals surface area contributed by atoms with Crippen molar-refractivity contribution in [2.75, 3.05) is 34.4 Å². The summed E-state index contributed by atoms with van der Waals surface area (Å²) in [7, 11) is 0. The van der Waals surface area contributed by atoms with Gasteiger partial charge in [0.15, 0.2) is 0 Å². The molecule has 2 aliphatic rings. The second-order valence-electron chi connectivity index (χ2n) is 8.70. The van der Waals surface area contributed by atoms with E-state index in [0.29, 0.717) is 39.5 Å². The number of anilines is 5. The molecule has 1 aromatic carbocycles. The number of pyridine rings is 2. The Labute approximate surface area is 186 Å². The first kappa shape index (κ1) is 20.1. The lowest BCUT2D eigenvalue weighted by Crippen LogP contribution is -2.22. The van der Waals surface area contributed by atoms with Crippen molar-refractivity contribution in [3.8, 4) is 6.07 Å². The zero-order chi connectivity index (χ0) is 22.6. The van der Waals surface area contributed by atoms with E-state index in [1.807, 2.05) is 24.3 Å². The van der Waals surface area contributed by atoms with Gasteiger partial charge in [-0.05, 0) is 36.5 Å². The number of rotatable bonds is 3. The van der Waals surface area contributed by atoms with Gasteiger partial charge < -0.3 is 16.4 Å². The van der Waals surface area contributed by atoms with E-state index in [1.165, 1.54) is 5.56 Å². The Morgan fingerprint density at radius 3 is 2.22 bits per heavy atom. The molecular formula is C24H25N7O. The maximum Gasteiger partial charge on any atom is 0.237 e. The highest BCUT2D eigenvalue weighted by molar-refractivity contribution is 6.15. The van der Waals surface area contributed by atoms with Gasteiger partial charge in [0.2, 0.25) is 5.91 Å². The molecule has 4 N–H and O–H groups in total. The lowest BCUT2D eigenvalue weighted by Gasteiger charge is -2.22. The molecule has 2 aromatic heterocycles. The minimum absolute atomic E-state index is 0.112. The largest absolute Gasteiger partial charge is 0.383 e. The van der Waals surface area contributed by atoms with Crippen LogP contribution in [-0.4, -0.2) is 29.0 Å². The molecule has 1 amide bonds. The predicted molar refractivity (Wildman–Crippen MR) is 126 cm³/mol. The van der Waals surface area contributed by atoms with E-state index in [1.54, 1.807) is 4.90 Å². The molecule has 32 heavy (non-hydrogen) atoms. The van der Waals surface area contributed by atoms with Gasteiger partial charge in [-0.25, -0.2) is 9.97 Å². The first-order valence-electron chi connectivity index (χ1n) is 10.9. The van der Waals surface area contributed by atoms with Crippen molar-refractivity contribution in [1.82, 2.24) is 9.97 Å². The SMILES string of the molecule is CC(C)c1ccc(N2C(=O)Cc3c2nc(N)c2c(N)nc(N4CCCC4)c(C#N)c32)cc1. The van der Waals surface area contributed by atoms with Crippen LogP contribution in [0.5, 0.6) is 0 Å². The minimum Gasteiger partial charge on any atom is -0.383 e. The Balaban J connectivity index is 1.74. The number of hydrogen-bond donors (Lipinski definition) is 2. The van der Waals surface area contributed by atoms with Crippen molar-refractivity contribution in [2.45, 2.75) is 39.0 Å². The number of benzene rings is 1. The average molecular weight is 428 g/mol. The number of nitriles is 1. The van der Waals surface area contributed by atoms with Crippen molar-refractivity contribution in [3.63, 3.8) is 0 Å². The molecule has 0 saturated carbocycles. The van der Waals surface area contributed by atoms with Crippen LogP contribution in [0.3, 0.4) is 0 Å². The van der Waals surface area contributed by atoms with Crippen LogP contribution in [0, 0.1) is 11.3 Å². The Kier molecular flexibility index (Phi) is 4.63. The van der Waals surface area contributed by atoms with Crippen LogP contribution >= 0.6 is 0 Å². The van der Waals surface area contributed by atoms with E-state index in [-0.39, 0.29) is 24.0 Å². The summed E-state index contributed by atoms with van der Waals surface area (Å²) in [6, 6.07) is 10.2. The zero-order valence-electron chi connectivity index (χ0n) is 18.2. The molecular weight excluding hydrogens is 402 g/mol. The van der Waals surface area contributed by atoms with Gasteiger partial charge >= 0.3 is 0 Å². The molecule has 0 bridgehead atoms. The summed E-state index contributed by atoms with van der Waals surface area (Å²) in [4.78, 5) is 25.9. The molecule has 0 unspecified atom stereocenters. The molecule has 5 rings (SSSR count). The Morgan fingerprint density at radius 1 is 1.00 bits per heavy atom. The van der Waals surface area contributed by atoms with Gasteiger partial charge in [0.1, 0.15) is 34.9 Å². The van der Waals surface area contributed by atoms with Gasteiger partial charge in [0, 0.05) is 24.0 Å². The summed E-state index contributed by atoms with van der Waals surface area (Å²) in [6.07, 6.45) is 2.21. The second kappa shape index (κ2) is 7.38. The van der Waals surface area contributed by atoms with Crippen LogP contribution in [0.4, 0.5) is 29.0 Å². The van der Waals surface area contributed by atoms with Crippen molar-refractivity contribution in [2.24, 2.45) is 0 Å². The number of aromatic nitrogens is 2. The highest BCUT2D eigenvalue weighted by atomic mass is 16.2. The van der Waals surface area contributed by atoms with Crippen molar-refractivity contribution in [1.29, 1.82) is 5.26 Å². The first-order chi connectivity index (χ1) is 15.4. The summed E-state index contributed by atoms with van der Waals surface area (Å²) in [5.74, 6) is 1.72. The fourth-order valence-electron chi connectivity index (χ4n) is 4.74. The molecule has 0 radical (unpaired) electrons. The van der Waals surface area contributed by atoms with E-state index in [4.69, 9.17) is 11.5 Å². The third-order valence-electron chi connectivity index (χ3n) is 6.38. The topological polar surface area (TPSA) is 125 Å². The second-order valence-corrected chi connectivity index (χ2v) is 8.70. The average Bonchev–Trinajstić information content (AvgIpc) is 3.41. The van der Waals surface area contributed by atoms with Gasteiger partial charge in [-0.15, -0.1) is 0 Å². The number of nitrogens with zero attached hydrogens (tertiary/aromatic N) is 5. The maximum absolute atomic E-state index is 13.1. The third-order valence-corrected chi connectivity index (χ3v) is 6.38. The summed E-state index contributed by atoms with van der Waals surface area (Å²) >= 11 is 0. The number of nitrogens with two attached hydrogens (primary N) is 2. The molecule has 8 nitrogen and oxygen atoms in total. The zero-order valence-corrected chi connectivity index (χ0v) is 18.2. The predicted octanol–water partition coefficient (Wildman–Crippen LogP) is 3.61. The standard InChI is InChI=1S/C24H25N7O/c1-13(2)14-5-7-15(8-6-14)31-18(32)11-16-19-17(12-25)23(30-9-3-4-10-30)28-21(26)20(19)22(27)29-24(16)31/h5-8,13H,3-4,9-11H2,1-2H3,(H2,26,28)(H2,27,29). The van der Waals surface area contributed by atoms with Crippen LogP contribution in [0.2, 0.25) is 0 Å². The molecule has 0 spiro atoms. The van der Waals surface area contributed by atoms with Crippen LogP contribution in [0.1, 0.15) is 49.3 Å². The van der Waals surface area contributed by atoms with Gasteiger partial charge in [-0.1, -0.05) is 26.0 Å². The maximum atomic E-state index is 13.1. The normalized spacial score (nSPS) is 15.6. The van der Waals surface area contributed by atoms with Crippen molar-refractivity contribution < 1.29 is 4.79 Å². The van der Waals surface area contributed by atoms with Crippen molar-refractivity contribution >= 4 is 45.6 Å². The first-order valence-corrected chi connectivity index (χ1v) is 10.9. The number of hydrogen-bond acceptors (Lipinski definition) is 7. The van der Waals surface area contributed by atoms with E-state index in [0.717, 1.165) is 31.6 Å². The van der Waals surface area contributed by atoms with Crippen molar-refractivity contribution in [3.05, 3.63) is 41.0 Å². The number of nitrogen functional groups attached to an aromatic ring is 2.